The van der Waals surface area contributed by atoms with Gasteiger partial charge >= 0.3 is 0 Å². The van der Waals surface area contributed by atoms with Crippen molar-refractivity contribution in [3.05, 3.63) is 107 Å². The number of aromatic nitrogens is 1. The van der Waals surface area contributed by atoms with Crippen LogP contribution in [0.25, 0.3) is 46.1 Å². The minimum atomic E-state index is 0.273. The lowest BCUT2D eigenvalue weighted by Crippen LogP contribution is -1.97. The number of rotatable bonds is 13. The van der Waals surface area contributed by atoms with Gasteiger partial charge in [0.05, 0.1) is 0 Å². The molecule has 0 aliphatic carbocycles. The molecule has 1 heterocycles. The lowest BCUT2D eigenvalue weighted by atomic mass is 10.1. The summed E-state index contributed by atoms with van der Waals surface area (Å²) < 4.78 is 13.5. The maximum Gasteiger partial charge on any atom is 0.148 e. The van der Waals surface area contributed by atoms with E-state index < -0.39 is 0 Å². The molecule has 5 rings (SSSR count). The largest absolute Gasteiger partial charge is 0.481 e. The summed E-state index contributed by atoms with van der Waals surface area (Å²) in [4.78, 5) is 0. The van der Waals surface area contributed by atoms with Crippen molar-refractivity contribution in [2.45, 2.75) is 39.2 Å². The molecule has 0 saturated heterocycles. The monoisotopic (exact) mass is 563 g/mol. The molecule has 1 aromatic heterocycles. The summed E-state index contributed by atoms with van der Waals surface area (Å²) in [6, 6.07) is 29.5. The fourth-order valence-corrected chi connectivity index (χ4v) is 5.27. The molecular formula is C40H37NO2. The molecule has 0 fully saturated rings. The van der Waals surface area contributed by atoms with Gasteiger partial charge in [-0.1, -0.05) is 98.7 Å². The van der Waals surface area contributed by atoms with Gasteiger partial charge in [-0.05, 0) is 77.2 Å². The molecule has 0 atom stereocenters. The number of terminal acetylenes is 2. The highest BCUT2D eigenvalue weighted by molar-refractivity contribution is 6.09. The van der Waals surface area contributed by atoms with Gasteiger partial charge in [-0.15, -0.1) is 12.8 Å². The lowest BCUT2D eigenvalue weighted by Gasteiger charge is -2.08. The van der Waals surface area contributed by atoms with Crippen LogP contribution in [0.5, 0.6) is 11.5 Å². The topological polar surface area (TPSA) is 23.4 Å². The number of unbranched alkanes of at least 4 members (excludes halogenated alkanes) is 3. The minimum Gasteiger partial charge on any atom is -0.481 e. The zero-order chi connectivity index (χ0) is 29.9. The first-order valence-electron chi connectivity index (χ1n) is 14.9. The molecule has 0 aliphatic rings. The summed E-state index contributed by atoms with van der Waals surface area (Å²) in [5, 5.41) is 2.55. The quantitative estimate of drug-likeness (QED) is 0.0809. The number of hydrogen-bond donors (Lipinski definition) is 0. The van der Waals surface area contributed by atoms with Gasteiger partial charge in [-0.2, -0.15) is 0 Å². The van der Waals surface area contributed by atoms with Crippen molar-refractivity contribution in [2.75, 3.05) is 13.2 Å². The van der Waals surface area contributed by atoms with Gasteiger partial charge in [-0.25, -0.2) is 0 Å². The Morgan fingerprint density at radius 1 is 0.581 bits per heavy atom. The molecule has 0 N–H and O–H groups in total. The van der Waals surface area contributed by atoms with Crippen LogP contribution >= 0.6 is 0 Å². The van der Waals surface area contributed by atoms with Crippen LogP contribution in [0.1, 0.15) is 54.9 Å². The van der Waals surface area contributed by atoms with Crippen LogP contribution in [-0.4, -0.2) is 17.8 Å². The third kappa shape index (κ3) is 7.59. The first-order chi connectivity index (χ1) is 21.2. The standard InChI is InChI=1S/C40H37NO2/c1-4-7-8-9-26-41-39-24-18-33(12-10-31-14-20-35(21-15-31)42-27-5-2)29-37(39)38-30-34(19-25-40(38)41)13-11-32-16-22-36(23-17-32)43-28-6-3/h2-3,10-25,29-30H,4,7-9,26-28H2,1H3. The number of ether oxygens (including phenoxy) is 2. The second-order valence-corrected chi connectivity index (χ2v) is 10.6. The zero-order valence-electron chi connectivity index (χ0n) is 24.8. The Kier molecular flexibility index (Phi) is 10.0. The molecule has 0 spiro atoms. The predicted molar refractivity (Wildman–Crippen MR) is 183 cm³/mol. The maximum absolute atomic E-state index is 5.50. The Balaban J connectivity index is 1.44. The fraction of sp³-hybridized carbons (Fsp3) is 0.200. The molecule has 0 radical (unpaired) electrons. The molecule has 43 heavy (non-hydrogen) atoms. The maximum atomic E-state index is 5.50. The van der Waals surface area contributed by atoms with Crippen LogP contribution in [-0.2, 0) is 6.54 Å². The van der Waals surface area contributed by atoms with Crippen LogP contribution in [0.2, 0.25) is 0 Å². The molecule has 0 aliphatic heterocycles. The van der Waals surface area contributed by atoms with Gasteiger partial charge in [0.25, 0.3) is 0 Å². The van der Waals surface area contributed by atoms with Crippen molar-refractivity contribution < 1.29 is 9.47 Å². The third-order valence-electron chi connectivity index (χ3n) is 7.49. The summed E-state index contributed by atoms with van der Waals surface area (Å²) in [5.41, 5.74) is 7.10. The summed E-state index contributed by atoms with van der Waals surface area (Å²) in [7, 11) is 0. The number of fused-ring (bicyclic) bond motifs is 3. The van der Waals surface area contributed by atoms with Gasteiger partial charge in [0.2, 0.25) is 0 Å². The van der Waals surface area contributed by atoms with E-state index in [0.29, 0.717) is 0 Å². The van der Waals surface area contributed by atoms with Crippen molar-refractivity contribution in [3.63, 3.8) is 0 Å². The highest BCUT2D eigenvalue weighted by Gasteiger charge is 2.11. The number of nitrogens with zero attached hydrogens (tertiary/aromatic N) is 1. The molecular weight excluding hydrogens is 526 g/mol. The van der Waals surface area contributed by atoms with Crippen LogP contribution in [0.4, 0.5) is 0 Å². The smallest absolute Gasteiger partial charge is 0.148 e. The van der Waals surface area contributed by atoms with E-state index in [1.54, 1.807) is 0 Å². The SMILES string of the molecule is C#CCOc1ccc(C=Cc2ccc3c(c2)c2cc(C=Cc4ccc(OCC#C)cc4)ccc2n3CCCCCC)cc1. The van der Waals surface area contributed by atoms with Crippen molar-refractivity contribution in [3.8, 4) is 36.2 Å². The molecule has 0 unspecified atom stereocenters. The van der Waals surface area contributed by atoms with E-state index in [9.17, 15) is 0 Å². The average molecular weight is 564 g/mol. The zero-order valence-corrected chi connectivity index (χ0v) is 24.8. The van der Waals surface area contributed by atoms with Gasteiger partial charge in [0.15, 0.2) is 0 Å². The van der Waals surface area contributed by atoms with Crippen LogP contribution in [0.15, 0.2) is 84.9 Å². The third-order valence-corrected chi connectivity index (χ3v) is 7.49. The Morgan fingerprint density at radius 3 is 1.47 bits per heavy atom. The second-order valence-electron chi connectivity index (χ2n) is 10.6. The Morgan fingerprint density at radius 2 is 1.02 bits per heavy atom. The van der Waals surface area contributed by atoms with E-state index >= 15 is 0 Å². The lowest BCUT2D eigenvalue weighted by molar-refractivity contribution is 0.370. The van der Waals surface area contributed by atoms with Crippen molar-refractivity contribution >= 4 is 46.1 Å². The summed E-state index contributed by atoms with van der Waals surface area (Å²) in [6.45, 7) is 3.82. The van der Waals surface area contributed by atoms with E-state index in [1.807, 2.05) is 48.5 Å². The van der Waals surface area contributed by atoms with E-state index in [1.165, 1.54) is 58.6 Å². The molecule has 214 valence electrons. The highest BCUT2D eigenvalue weighted by atomic mass is 16.5. The number of hydrogen-bond acceptors (Lipinski definition) is 2. The normalized spacial score (nSPS) is 11.3. The van der Waals surface area contributed by atoms with E-state index in [4.69, 9.17) is 22.3 Å². The van der Waals surface area contributed by atoms with Gasteiger partial charge < -0.3 is 14.0 Å². The highest BCUT2D eigenvalue weighted by Crippen LogP contribution is 2.32. The molecule has 0 amide bonds. The van der Waals surface area contributed by atoms with Crippen molar-refractivity contribution in [1.29, 1.82) is 0 Å². The van der Waals surface area contributed by atoms with Crippen molar-refractivity contribution in [2.24, 2.45) is 0 Å². The van der Waals surface area contributed by atoms with Gasteiger partial charge in [-0.3, -0.25) is 0 Å². The van der Waals surface area contributed by atoms with Crippen LogP contribution in [0, 0.1) is 24.7 Å². The van der Waals surface area contributed by atoms with Crippen molar-refractivity contribution in [1.82, 2.24) is 4.57 Å². The molecule has 0 saturated carbocycles. The molecule has 3 nitrogen and oxygen atoms in total. The first-order valence-corrected chi connectivity index (χ1v) is 14.9. The van der Waals surface area contributed by atoms with E-state index in [2.05, 4.69) is 84.0 Å². The molecule has 5 aromatic rings. The summed E-state index contributed by atoms with van der Waals surface area (Å²) in [6.07, 6.45) is 24.1. The fourth-order valence-electron chi connectivity index (χ4n) is 5.27. The minimum absolute atomic E-state index is 0.273. The van der Waals surface area contributed by atoms with Gasteiger partial charge in [0, 0.05) is 28.4 Å². The second kappa shape index (κ2) is 14.7. The van der Waals surface area contributed by atoms with Crippen LogP contribution < -0.4 is 9.47 Å². The molecule has 4 aromatic carbocycles. The summed E-state index contributed by atoms with van der Waals surface area (Å²) >= 11 is 0. The van der Waals surface area contributed by atoms with Gasteiger partial charge in [0.1, 0.15) is 24.7 Å². The Hall–Kier alpha value is -5.12. The Labute approximate surface area is 255 Å². The van der Waals surface area contributed by atoms with E-state index in [-0.39, 0.29) is 13.2 Å². The number of benzene rings is 4. The summed E-state index contributed by atoms with van der Waals surface area (Å²) in [5.74, 6) is 6.55. The Bertz CT molecular complexity index is 1680. The number of aryl methyl sites for hydroxylation is 1. The average Bonchev–Trinajstić information content (AvgIpc) is 3.35. The van der Waals surface area contributed by atoms with Crippen LogP contribution in [0.3, 0.4) is 0 Å². The predicted octanol–water partition coefficient (Wildman–Crippen LogP) is 9.74. The molecule has 3 heteroatoms. The first kappa shape index (κ1) is 29.4. The van der Waals surface area contributed by atoms with E-state index in [0.717, 1.165) is 29.2 Å². The molecule has 0 bridgehead atoms.